The van der Waals surface area contributed by atoms with E-state index < -0.39 is 0 Å². The van der Waals surface area contributed by atoms with Crippen LogP contribution in [0.4, 0.5) is 5.69 Å². The summed E-state index contributed by atoms with van der Waals surface area (Å²) in [6.07, 6.45) is 0. The van der Waals surface area contributed by atoms with Crippen LogP contribution in [-0.2, 0) is 0 Å². The highest BCUT2D eigenvalue weighted by Gasteiger charge is 1.94. The zero-order chi connectivity index (χ0) is 9.68. The van der Waals surface area contributed by atoms with E-state index in [1.165, 1.54) is 0 Å². The van der Waals surface area contributed by atoms with Gasteiger partial charge in [0, 0.05) is 16.3 Å². The second-order valence-electron chi connectivity index (χ2n) is 2.56. The molecule has 0 spiro atoms. The summed E-state index contributed by atoms with van der Waals surface area (Å²) in [6.45, 7) is 0.655. The molecule has 0 bridgehead atoms. The van der Waals surface area contributed by atoms with E-state index in [1.54, 1.807) is 12.1 Å². The zero-order valence-electron chi connectivity index (χ0n) is 7.39. The number of hydrogen-bond acceptors (Lipinski definition) is 2. The van der Waals surface area contributed by atoms with Gasteiger partial charge in [-0.05, 0) is 25.2 Å². The molecular weight excluding hydrogens is 184 g/mol. The molecule has 0 unspecified atom stereocenters. The van der Waals surface area contributed by atoms with Gasteiger partial charge in [-0.1, -0.05) is 23.4 Å². The Hall–Kier alpha value is -1.17. The Morgan fingerprint density at radius 1 is 1.54 bits per heavy atom. The molecule has 0 radical (unpaired) electrons. The van der Waals surface area contributed by atoms with Crippen LogP contribution in [0, 0.1) is 11.8 Å². The molecule has 0 heterocycles. The van der Waals surface area contributed by atoms with E-state index >= 15 is 0 Å². The van der Waals surface area contributed by atoms with Gasteiger partial charge in [0.15, 0.2) is 0 Å². The summed E-state index contributed by atoms with van der Waals surface area (Å²) in [5, 5.41) is 3.56. The average Bonchev–Trinajstić information content (AvgIpc) is 2.09. The highest BCUT2D eigenvalue weighted by Crippen LogP contribution is 2.16. The minimum absolute atomic E-state index is 0.621. The van der Waals surface area contributed by atoms with E-state index in [1.807, 2.05) is 13.1 Å². The molecule has 1 rings (SSSR count). The van der Waals surface area contributed by atoms with Gasteiger partial charge < -0.3 is 11.1 Å². The van der Waals surface area contributed by atoms with E-state index in [-0.39, 0.29) is 0 Å². The summed E-state index contributed by atoms with van der Waals surface area (Å²) in [4.78, 5) is 0. The minimum Gasteiger partial charge on any atom is -0.398 e. The number of rotatable bonds is 1. The van der Waals surface area contributed by atoms with Gasteiger partial charge >= 0.3 is 0 Å². The Kier molecular flexibility index (Phi) is 3.63. The number of nitrogens with two attached hydrogens (primary N) is 1. The van der Waals surface area contributed by atoms with Crippen LogP contribution in [0.2, 0.25) is 5.02 Å². The quantitative estimate of drug-likeness (QED) is 0.525. The molecule has 2 nitrogen and oxygen atoms in total. The van der Waals surface area contributed by atoms with Gasteiger partial charge in [0.25, 0.3) is 0 Å². The molecule has 0 saturated carbocycles. The molecule has 0 aromatic heterocycles. The Morgan fingerprint density at radius 2 is 2.31 bits per heavy atom. The van der Waals surface area contributed by atoms with Crippen LogP contribution in [0.3, 0.4) is 0 Å². The van der Waals surface area contributed by atoms with Gasteiger partial charge in [-0.3, -0.25) is 0 Å². The minimum atomic E-state index is 0.621. The lowest BCUT2D eigenvalue weighted by molar-refractivity contribution is 0.938. The Morgan fingerprint density at radius 3 is 2.92 bits per heavy atom. The number of nitrogen functional groups attached to an aromatic ring is 1. The number of hydrogen-bond donors (Lipinski definition) is 2. The maximum Gasteiger partial charge on any atom is 0.0577 e. The molecule has 13 heavy (non-hydrogen) atoms. The van der Waals surface area contributed by atoms with Crippen molar-refractivity contribution in [2.75, 3.05) is 19.3 Å². The third-order valence-corrected chi connectivity index (χ3v) is 1.74. The van der Waals surface area contributed by atoms with Gasteiger partial charge in [-0.15, -0.1) is 0 Å². The summed E-state index contributed by atoms with van der Waals surface area (Å²) in [7, 11) is 1.85. The molecule has 0 aliphatic heterocycles. The third-order valence-electron chi connectivity index (χ3n) is 1.50. The summed E-state index contributed by atoms with van der Waals surface area (Å²) in [5.74, 6) is 5.87. The fourth-order valence-electron chi connectivity index (χ4n) is 0.875. The van der Waals surface area contributed by atoms with Crippen molar-refractivity contribution >= 4 is 17.3 Å². The molecule has 1 aromatic carbocycles. The van der Waals surface area contributed by atoms with E-state index in [0.29, 0.717) is 17.3 Å². The fraction of sp³-hybridized carbons (Fsp3) is 0.200. The summed E-state index contributed by atoms with van der Waals surface area (Å²) in [6, 6.07) is 5.30. The molecule has 3 heteroatoms. The molecule has 1 aromatic rings. The van der Waals surface area contributed by atoms with Crippen LogP contribution >= 0.6 is 11.6 Å². The second kappa shape index (κ2) is 4.76. The fourth-order valence-corrected chi connectivity index (χ4v) is 1.06. The van der Waals surface area contributed by atoms with Crippen LogP contribution < -0.4 is 11.1 Å². The van der Waals surface area contributed by atoms with Gasteiger partial charge in [-0.25, -0.2) is 0 Å². The number of nitrogens with one attached hydrogen (secondary N) is 1. The first-order chi connectivity index (χ1) is 6.24. The highest BCUT2D eigenvalue weighted by molar-refractivity contribution is 6.30. The summed E-state index contributed by atoms with van der Waals surface area (Å²) in [5.41, 5.74) is 7.14. The van der Waals surface area contributed by atoms with Gasteiger partial charge in [-0.2, -0.15) is 0 Å². The number of benzene rings is 1. The molecule has 0 aliphatic rings. The molecule has 3 N–H and O–H groups in total. The summed E-state index contributed by atoms with van der Waals surface area (Å²) >= 11 is 5.74. The van der Waals surface area contributed by atoms with Crippen molar-refractivity contribution in [3.05, 3.63) is 28.8 Å². The Bertz CT molecular complexity index is 350. The van der Waals surface area contributed by atoms with E-state index in [0.717, 1.165) is 5.56 Å². The third kappa shape index (κ3) is 2.98. The lowest BCUT2D eigenvalue weighted by atomic mass is 10.2. The van der Waals surface area contributed by atoms with Crippen LogP contribution in [0.15, 0.2) is 18.2 Å². The van der Waals surface area contributed by atoms with E-state index in [9.17, 15) is 0 Å². The van der Waals surface area contributed by atoms with Gasteiger partial charge in [0.1, 0.15) is 0 Å². The predicted octanol–water partition coefficient (Wildman–Crippen LogP) is 1.49. The normalized spacial score (nSPS) is 9.08. The van der Waals surface area contributed by atoms with Gasteiger partial charge in [0.2, 0.25) is 0 Å². The van der Waals surface area contributed by atoms with Crippen molar-refractivity contribution in [2.45, 2.75) is 0 Å². The highest BCUT2D eigenvalue weighted by atomic mass is 35.5. The number of halogens is 1. The molecule has 0 atom stereocenters. The number of anilines is 1. The molecule has 0 fully saturated rings. The standard InChI is InChI=1S/C10H11ClN2/c1-13-6-2-3-8-4-5-9(11)7-10(8)12/h4-5,7,13H,6,12H2,1H3. The second-order valence-corrected chi connectivity index (χ2v) is 3.00. The van der Waals surface area contributed by atoms with Crippen molar-refractivity contribution in [1.29, 1.82) is 0 Å². The maximum atomic E-state index is 5.74. The van der Waals surface area contributed by atoms with E-state index in [4.69, 9.17) is 17.3 Å². The molecule has 0 saturated heterocycles. The topological polar surface area (TPSA) is 38.0 Å². The SMILES string of the molecule is CNCC#Cc1ccc(Cl)cc1N. The van der Waals surface area contributed by atoms with Crippen molar-refractivity contribution in [2.24, 2.45) is 0 Å². The van der Waals surface area contributed by atoms with Crippen LogP contribution in [0.25, 0.3) is 0 Å². The Balaban J connectivity index is 2.85. The largest absolute Gasteiger partial charge is 0.398 e. The lowest BCUT2D eigenvalue weighted by Gasteiger charge is -1.97. The molecule has 68 valence electrons. The first-order valence-corrected chi connectivity index (χ1v) is 4.30. The van der Waals surface area contributed by atoms with Crippen LogP contribution in [0.5, 0.6) is 0 Å². The van der Waals surface area contributed by atoms with Crippen LogP contribution in [-0.4, -0.2) is 13.6 Å². The first kappa shape index (κ1) is 9.91. The molecule has 0 aliphatic carbocycles. The lowest BCUT2D eigenvalue weighted by Crippen LogP contribution is -2.04. The molecular formula is C10H11ClN2. The average molecular weight is 195 g/mol. The van der Waals surface area contributed by atoms with Crippen molar-refractivity contribution in [3.63, 3.8) is 0 Å². The predicted molar refractivity (Wildman–Crippen MR) is 56.7 cm³/mol. The first-order valence-electron chi connectivity index (χ1n) is 3.92. The van der Waals surface area contributed by atoms with Gasteiger partial charge in [0.05, 0.1) is 6.54 Å². The molecule has 0 amide bonds. The van der Waals surface area contributed by atoms with Crippen molar-refractivity contribution in [3.8, 4) is 11.8 Å². The maximum absolute atomic E-state index is 5.74. The monoisotopic (exact) mass is 194 g/mol. The summed E-state index contributed by atoms with van der Waals surface area (Å²) < 4.78 is 0. The van der Waals surface area contributed by atoms with Crippen molar-refractivity contribution in [1.82, 2.24) is 5.32 Å². The van der Waals surface area contributed by atoms with Crippen LogP contribution in [0.1, 0.15) is 5.56 Å². The van der Waals surface area contributed by atoms with Crippen molar-refractivity contribution < 1.29 is 0 Å². The van der Waals surface area contributed by atoms with E-state index in [2.05, 4.69) is 17.2 Å². The Labute approximate surface area is 83.1 Å². The zero-order valence-corrected chi connectivity index (χ0v) is 8.15. The smallest absolute Gasteiger partial charge is 0.0577 e.